The first-order valence-corrected chi connectivity index (χ1v) is 5.27. The lowest BCUT2D eigenvalue weighted by molar-refractivity contribution is -0.120. The minimum absolute atomic E-state index is 0.116. The Morgan fingerprint density at radius 1 is 1.31 bits per heavy atom. The zero-order valence-corrected chi connectivity index (χ0v) is 8.18. The molecular formula is C10H18N2O. The molecule has 0 aromatic heterocycles. The third-order valence-electron chi connectivity index (χ3n) is 3.12. The van der Waals surface area contributed by atoms with Crippen molar-refractivity contribution in [2.75, 3.05) is 0 Å². The van der Waals surface area contributed by atoms with E-state index in [1.165, 1.54) is 19.3 Å². The van der Waals surface area contributed by atoms with E-state index in [0.29, 0.717) is 18.1 Å². The Labute approximate surface area is 79.3 Å². The number of rotatable bonds is 1. The summed E-state index contributed by atoms with van der Waals surface area (Å²) in [5.41, 5.74) is 0. The molecule has 0 unspecified atom stereocenters. The van der Waals surface area contributed by atoms with Crippen LogP contribution in [0.1, 0.15) is 39.0 Å². The van der Waals surface area contributed by atoms with Gasteiger partial charge >= 0.3 is 0 Å². The number of nitrogens with one attached hydrogen (secondary N) is 2. The van der Waals surface area contributed by atoms with Crippen LogP contribution in [0.5, 0.6) is 0 Å². The van der Waals surface area contributed by atoms with Gasteiger partial charge in [0.1, 0.15) is 0 Å². The van der Waals surface area contributed by atoms with E-state index in [1.54, 1.807) is 6.92 Å². The van der Waals surface area contributed by atoms with Crippen molar-refractivity contribution in [2.24, 2.45) is 0 Å². The molecule has 0 aliphatic carbocycles. The molecule has 2 bridgehead atoms. The molecule has 0 spiro atoms. The number of fused-ring (bicyclic) bond motifs is 2. The maximum absolute atomic E-state index is 10.9. The van der Waals surface area contributed by atoms with E-state index in [1.807, 2.05) is 0 Å². The van der Waals surface area contributed by atoms with E-state index < -0.39 is 0 Å². The van der Waals surface area contributed by atoms with Crippen molar-refractivity contribution in [1.29, 1.82) is 0 Å². The predicted molar refractivity (Wildman–Crippen MR) is 51.4 cm³/mol. The van der Waals surface area contributed by atoms with Gasteiger partial charge in [-0.05, 0) is 25.7 Å². The van der Waals surface area contributed by atoms with Gasteiger partial charge in [0.25, 0.3) is 0 Å². The van der Waals surface area contributed by atoms with Crippen LogP contribution in [-0.4, -0.2) is 24.0 Å². The van der Waals surface area contributed by atoms with E-state index >= 15 is 0 Å². The number of piperidine rings is 2. The third-order valence-corrected chi connectivity index (χ3v) is 3.12. The van der Waals surface area contributed by atoms with Crippen molar-refractivity contribution in [3.05, 3.63) is 0 Å². The van der Waals surface area contributed by atoms with Crippen molar-refractivity contribution in [3.63, 3.8) is 0 Å². The summed E-state index contributed by atoms with van der Waals surface area (Å²) in [6.07, 6.45) is 6.17. The minimum Gasteiger partial charge on any atom is -0.353 e. The monoisotopic (exact) mass is 182 g/mol. The molecule has 3 nitrogen and oxygen atoms in total. The van der Waals surface area contributed by atoms with Crippen molar-refractivity contribution in [2.45, 2.75) is 57.2 Å². The van der Waals surface area contributed by atoms with Crippen LogP contribution < -0.4 is 10.6 Å². The van der Waals surface area contributed by atoms with E-state index in [4.69, 9.17) is 0 Å². The van der Waals surface area contributed by atoms with Gasteiger partial charge in [0.2, 0.25) is 5.91 Å². The Morgan fingerprint density at radius 3 is 2.46 bits per heavy atom. The van der Waals surface area contributed by atoms with Gasteiger partial charge in [-0.25, -0.2) is 0 Å². The molecule has 0 saturated carbocycles. The Balaban J connectivity index is 1.90. The molecule has 0 aromatic carbocycles. The van der Waals surface area contributed by atoms with Gasteiger partial charge < -0.3 is 10.6 Å². The number of carbonyl (C=O) groups is 1. The average molecular weight is 182 g/mol. The van der Waals surface area contributed by atoms with Crippen LogP contribution >= 0.6 is 0 Å². The Hall–Kier alpha value is -0.570. The summed E-state index contributed by atoms with van der Waals surface area (Å²) < 4.78 is 0. The number of carbonyl (C=O) groups excluding carboxylic acids is 1. The molecule has 2 N–H and O–H groups in total. The fourth-order valence-electron chi connectivity index (χ4n) is 2.67. The second-order valence-corrected chi connectivity index (χ2v) is 4.36. The van der Waals surface area contributed by atoms with E-state index in [2.05, 4.69) is 10.6 Å². The average Bonchev–Trinajstić information content (AvgIpc) is 2.01. The Kier molecular flexibility index (Phi) is 2.54. The molecule has 74 valence electrons. The molecule has 2 atom stereocenters. The normalized spacial score (nSPS) is 38.4. The first-order chi connectivity index (χ1) is 6.24. The highest BCUT2D eigenvalue weighted by atomic mass is 16.1. The largest absolute Gasteiger partial charge is 0.353 e. The molecule has 0 aromatic rings. The van der Waals surface area contributed by atoms with Gasteiger partial charge in [-0.3, -0.25) is 4.79 Å². The summed E-state index contributed by atoms with van der Waals surface area (Å²) in [7, 11) is 0. The van der Waals surface area contributed by atoms with Gasteiger partial charge in [0, 0.05) is 25.0 Å². The summed E-state index contributed by atoms with van der Waals surface area (Å²) in [5, 5.41) is 6.64. The van der Waals surface area contributed by atoms with Crippen molar-refractivity contribution < 1.29 is 4.79 Å². The molecule has 13 heavy (non-hydrogen) atoms. The van der Waals surface area contributed by atoms with Crippen LogP contribution in [0.2, 0.25) is 0 Å². The third kappa shape index (κ3) is 2.21. The molecule has 1 amide bonds. The number of hydrogen-bond acceptors (Lipinski definition) is 2. The lowest BCUT2D eigenvalue weighted by atomic mass is 9.84. The summed E-state index contributed by atoms with van der Waals surface area (Å²) in [4.78, 5) is 10.9. The van der Waals surface area contributed by atoms with Crippen LogP contribution in [0, 0.1) is 0 Å². The van der Waals surface area contributed by atoms with E-state index in [9.17, 15) is 4.79 Å². The smallest absolute Gasteiger partial charge is 0.217 e. The van der Waals surface area contributed by atoms with E-state index in [-0.39, 0.29) is 5.91 Å². The van der Waals surface area contributed by atoms with Crippen molar-refractivity contribution >= 4 is 5.91 Å². The van der Waals surface area contributed by atoms with Gasteiger partial charge in [0.05, 0.1) is 0 Å². The summed E-state index contributed by atoms with van der Waals surface area (Å²) in [5.74, 6) is 0.116. The lowest BCUT2D eigenvalue weighted by Gasteiger charge is -2.40. The van der Waals surface area contributed by atoms with Crippen molar-refractivity contribution in [3.8, 4) is 0 Å². The molecular weight excluding hydrogens is 164 g/mol. The minimum atomic E-state index is 0.116. The zero-order chi connectivity index (χ0) is 9.26. The molecule has 2 fully saturated rings. The maximum atomic E-state index is 10.9. The zero-order valence-electron chi connectivity index (χ0n) is 8.18. The highest BCUT2D eigenvalue weighted by molar-refractivity contribution is 5.73. The van der Waals surface area contributed by atoms with Crippen LogP contribution in [0.25, 0.3) is 0 Å². The number of hydrogen-bond donors (Lipinski definition) is 2. The fraction of sp³-hybridized carbons (Fsp3) is 0.900. The summed E-state index contributed by atoms with van der Waals surface area (Å²) in [6, 6.07) is 1.74. The predicted octanol–water partition coefficient (Wildman–Crippen LogP) is 0.796. The summed E-state index contributed by atoms with van der Waals surface area (Å²) >= 11 is 0. The van der Waals surface area contributed by atoms with Crippen LogP contribution in [-0.2, 0) is 4.79 Å². The lowest BCUT2D eigenvalue weighted by Crippen LogP contribution is -2.54. The molecule has 0 radical (unpaired) electrons. The topological polar surface area (TPSA) is 41.1 Å². The SMILES string of the molecule is CC(=O)NC1C[C@@H]2CCC[C@@H](C1)N2. The van der Waals surface area contributed by atoms with Crippen LogP contribution in [0.3, 0.4) is 0 Å². The highest BCUT2D eigenvalue weighted by Crippen LogP contribution is 2.25. The molecule has 3 heteroatoms. The highest BCUT2D eigenvalue weighted by Gasteiger charge is 2.31. The van der Waals surface area contributed by atoms with Gasteiger partial charge in [-0.15, -0.1) is 0 Å². The maximum Gasteiger partial charge on any atom is 0.217 e. The molecule has 2 aliphatic rings. The Bertz CT molecular complexity index is 193. The fourth-order valence-corrected chi connectivity index (χ4v) is 2.67. The first-order valence-electron chi connectivity index (χ1n) is 5.27. The summed E-state index contributed by atoms with van der Waals surface area (Å²) in [6.45, 7) is 1.61. The molecule has 2 heterocycles. The van der Waals surface area contributed by atoms with Gasteiger partial charge in [0.15, 0.2) is 0 Å². The van der Waals surface area contributed by atoms with Gasteiger partial charge in [-0.2, -0.15) is 0 Å². The first kappa shape index (κ1) is 9.00. The van der Waals surface area contributed by atoms with Crippen molar-refractivity contribution in [1.82, 2.24) is 10.6 Å². The molecule has 2 aliphatic heterocycles. The van der Waals surface area contributed by atoms with Crippen LogP contribution in [0.15, 0.2) is 0 Å². The molecule has 2 rings (SSSR count). The second-order valence-electron chi connectivity index (χ2n) is 4.36. The second kappa shape index (κ2) is 3.66. The van der Waals surface area contributed by atoms with Crippen LogP contribution in [0.4, 0.5) is 0 Å². The quantitative estimate of drug-likeness (QED) is 0.629. The van der Waals surface area contributed by atoms with Gasteiger partial charge in [-0.1, -0.05) is 6.42 Å². The standard InChI is InChI=1S/C10H18N2O/c1-7(13)11-10-5-8-3-2-4-9(6-10)12-8/h8-10,12H,2-6H2,1H3,(H,11,13)/t8-,9-/m0/s1. The Morgan fingerprint density at radius 2 is 1.92 bits per heavy atom. The number of amides is 1. The van der Waals surface area contributed by atoms with E-state index in [0.717, 1.165) is 12.8 Å². The molecule has 2 saturated heterocycles.